The van der Waals surface area contributed by atoms with Crippen LogP contribution in [0.1, 0.15) is 24.2 Å². The molecule has 2 aromatic carbocycles. The van der Waals surface area contributed by atoms with Gasteiger partial charge < -0.3 is 10.5 Å². The summed E-state index contributed by atoms with van der Waals surface area (Å²) in [6.45, 7) is 1.89. The van der Waals surface area contributed by atoms with Crippen LogP contribution in [0, 0.1) is 5.82 Å². The lowest BCUT2D eigenvalue weighted by atomic mass is 10.1. The predicted octanol–water partition coefficient (Wildman–Crippen LogP) is 3.60. The van der Waals surface area contributed by atoms with E-state index in [9.17, 15) is 4.39 Å². The highest BCUT2D eigenvalue weighted by atomic mass is 32.1. The predicted molar refractivity (Wildman–Crippen MR) is 77.8 cm³/mol. The Balaban J connectivity index is 2.29. The second kappa shape index (κ2) is 5.80. The average molecular weight is 275 g/mol. The lowest BCUT2D eigenvalue weighted by Gasteiger charge is -2.17. The van der Waals surface area contributed by atoms with Crippen LogP contribution in [0.15, 0.2) is 48.5 Å². The molecule has 0 aliphatic rings. The largest absolute Gasteiger partial charge is 0.485 e. The smallest absolute Gasteiger partial charge is 0.137 e. The maximum atomic E-state index is 13.7. The summed E-state index contributed by atoms with van der Waals surface area (Å²) in [5.74, 6) is -0.103. The van der Waals surface area contributed by atoms with Crippen molar-refractivity contribution in [2.24, 2.45) is 5.73 Å². The summed E-state index contributed by atoms with van der Waals surface area (Å²) in [6, 6.07) is 14.2. The number of halogens is 1. The Morgan fingerprint density at radius 1 is 1.16 bits per heavy atom. The van der Waals surface area contributed by atoms with Gasteiger partial charge in [-0.15, -0.1) is 0 Å². The summed E-state index contributed by atoms with van der Waals surface area (Å²) >= 11 is 4.86. The Labute approximate surface area is 117 Å². The van der Waals surface area contributed by atoms with Gasteiger partial charge in [-0.1, -0.05) is 48.6 Å². The molecule has 0 spiro atoms. The quantitative estimate of drug-likeness (QED) is 0.866. The summed E-state index contributed by atoms with van der Waals surface area (Å²) in [5, 5.41) is 0. The molecule has 0 bridgehead atoms. The second-order valence-corrected chi connectivity index (χ2v) is 4.59. The summed E-state index contributed by atoms with van der Waals surface area (Å²) in [4.78, 5) is -0.00615. The molecule has 0 saturated heterocycles. The van der Waals surface area contributed by atoms with E-state index in [1.54, 1.807) is 12.1 Å². The molecule has 2 nitrogen and oxygen atoms in total. The van der Waals surface area contributed by atoms with Gasteiger partial charge in [0.1, 0.15) is 22.7 Å². The van der Waals surface area contributed by atoms with E-state index >= 15 is 0 Å². The molecule has 0 aromatic heterocycles. The summed E-state index contributed by atoms with van der Waals surface area (Å²) < 4.78 is 19.5. The van der Waals surface area contributed by atoms with Gasteiger partial charge >= 0.3 is 0 Å². The van der Waals surface area contributed by atoms with Crippen molar-refractivity contribution >= 4 is 17.2 Å². The van der Waals surface area contributed by atoms with Gasteiger partial charge in [0.05, 0.1) is 5.56 Å². The standard InChI is InChI=1S/C15H14FNOS/c1-10(11-6-3-2-4-7-11)18-13-9-5-8-12(16)14(13)15(17)19/h2-10H,1H3,(H2,17,19). The zero-order chi connectivity index (χ0) is 13.8. The molecule has 0 amide bonds. The number of thiocarbonyl (C=S) groups is 1. The first-order valence-corrected chi connectivity index (χ1v) is 6.30. The average Bonchev–Trinajstić information content (AvgIpc) is 2.39. The Morgan fingerprint density at radius 2 is 1.84 bits per heavy atom. The normalized spacial score (nSPS) is 11.9. The fraction of sp³-hybridized carbons (Fsp3) is 0.133. The molecule has 2 N–H and O–H groups in total. The van der Waals surface area contributed by atoms with Gasteiger partial charge in [-0.05, 0) is 24.6 Å². The van der Waals surface area contributed by atoms with Crippen LogP contribution in [0.4, 0.5) is 4.39 Å². The maximum absolute atomic E-state index is 13.7. The van der Waals surface area contributed by atoms with Gasteiger partial charge in [0, 0.05) is 0 Å². The highest BCUT2D eigenvalue weighted by molar-refractivity contribution is 7.80. The minimum atomic E-state index is -0.467. The third-order valence-electron chi connectivity index (χ3n) is 2.79. The topological polar surface area (TPSA) is 35.2 Å². The number of benzene rings is 2. The fourth-order valence-corrected chi connectivity index (χ4v) is 2.02. The van der Waals surface area contributed by atoms with Crippen molar-refractivity contribution in [3.05, 3.63) is 65.5 Å². The van der Waals surface area contributed by atoms with Gasteiger partial charge in [-0.2, -0.15) is 0 Å². The molecule has 0 heterocycles. The van der Waals surface area contributed by atoms with Crippen molar-refractivity contribution < 1.29 is 9.13 Å². The molecule has 1 atom stereocenters. The van der Waals surface area contributed by atoms with Crippen molar-refractivity contribution in [1.82, 2.24) is 0 Å². The van der Waals surface area contributed by atoms with Crippen LogP contribution in [0.3, 0.4) is 0 Å². The Kier molecular flexibility index (Phi) is 4.12. The van der Waals surface area contributed by atoms with E-state index in [1.807, 2.05) is 37.3 Å². The molecule has 0 aliphatic carbocycles. The van der Waals surface area contributed by atoms with Crippen LogP contribution < -0.4 is 10.5 Å². The van der Waals surface area contributed by atoms with Crippen molar-refractivity contribution in [3.8, 4) is 5.75 Å². The summed E-state index contributed by atoms with van der Waals surface area (Å²) in [7, 11) is 0. The second-order valence-electron chi connectivity index (χ2n) is 4.15. The number of nitrogens with two attached hydrogens (primary N) is 1. The molecule has 4 heteroatoms. The molecule has 0 radical (unpaired) electrons. The number of ether oxygens (including phenoxy) is 1. The highest BCUT2D eigenvalue weighted by Crippen LogP contribution is 2.26. The molecular formula is C15H14FNOS. The van der Waals surface area contributed by atoms with Crippen molar-refractivity contribution in [1.29, 1.82) is 0 Å². The van der Waals surface area contributed by atoms with Crippen LogP contribution in [-0.2, 0) is 0 Å². The minimum absolute atomic E-state index is 0.00615. The molecule has 1 unspecified atom stereocenters. The first kappa shape index (κ1) is 13.5. The van der Waals surface area contributed by atoms with E-state index in [0.717, 1.165) is 5.56 Å². The number of hydrogen-bond acceptors (Lipinski definition) is 2. The molecule has 2 rings (SSSR count). The van der Waals surface area contributed by atoms with Gasteiger partial charge in [0.2, 0.25) is 0 Å². The number of rotatable bonds is 4. The van der Waals surface area contributed by atoms with Gasteiger partial charge in [0.15, 0.2) is 0 Å². The van der Waals surface area contributed by atoms with Crippen molar-refractivity contribution in [3.63, 3.8) is 0 Å². The minimum Gasteiger partial charge on any atom is -0.485 e. The third-order valence-corrected chi connectivity index (χ3v) is 3.00. The van der Waals surface area contributed by atoms with E-state index < -0.39 is 5.82 Å². The first-order valence-electron chi connectivity index (χ1n) is 5.89. The SMILES string of the molecule is CC(Oc1cccc(F)c1C(N)=S)c1ccccc1. The van der Waals surface area contributed by atoms with Crippen LogP contribution in [0.2, 0.25) is 0 Å². The number of hydrogen-bond donors (Lipinski definition) is 1. The van der Waals surface area contributed by atoms with E-state index in [0.29, 0.717) is 5.75 Å². The van der Waals surface area contributed by atoms with Crippen molar-refractivity contribution in [2.45, 2.75) is 13.0 Å². The zero-order valence-corrected chi connectivity index (χ0v) is 11.3. The van der Waals surface area contributed by atoms with E-state index in [1.165, 1.54) is 6.07 Å². The summed E-state index contributed by atoms with van der Waals surface area (Å²) in [6.07, 6.45) is -0.212. The fourth-order valence-electron chi connectivity index (χ4n) is 1.82. The molecule has 0 aliphatic heterocycles. The van der Waals surface area contributed by atoms with Gasteiger partial charge in [0.25, 0.3) is 0 Å². The Hall–Kier alpha value is -1.94. The van der Waals surface area contributed by atoms with Gasteiger partial charge in [-0.3, -0.25) is 0 Å². The van der Waals surface area contributed by atoms with Crippen LogP contribution >= 0.6 is 12.2 Å². The van der Waals surface area contributed by atoms with Crippen LogP contribution in [-0.4, -0.2) is 4.99 Å². The lowest BCUT2D eigenvalue weighted by Crippen LogP contribution is -2.15. The molecule has 0 saturated carbocycles. The Morgan fingerprint density at radius 3 is 2.47 bits per heavy atom. The molecule has 0 fully saturated rings. The molecule has 2 aromatic rings. The van der Waals surface area contributed by atoms with E-state index in [4.69, 9.17) is 22.7 Å². The van der Waals surface area contributed by atoms with Crippen molar-refractivity contribution in [2.75, 3.05) is 0 Å². The molecule has 98 valence electrons. The third kappa shape index (κ3) is 3.09. The lowest BCUT2D eigenvalue weighted by molar-refractivity contribution is 0.225. The highest BCUT2D eigenvalue weighted by Gasteiger charge is 2.15. The van der Waals surface area contributed by atoms with Crippen LogP contribution in [0.5, 0.6) is 5.75 Å². The van der Waals surface area contributed by atoms with Gasteiger partial charge in [-0.25, -0.2) is 4.39 Å². The monoisotopic (exact) mass is 275 g/mol. The first-order chi connectivity index (χ1) is 9.09. The molecular weight excluding hydrogens is 261 g/mol. The Bertz CT molecular complexity index is 586. The zero-order valence-electron chi connectivity index (χ0n) is 10.5. The van der Waals surface area contributed by atoms with Crippen LogP contribution in [0.25, 0.3) is 0 Å². The molecule has 19 heavy (non-hydrogen) atoms. The van der Waals surface area contributed by atoms with E-state index in [-0.39, 0.29) is 16.7 Å². The van der Waals surface area contributed by atoms with E-state index in [2.05, 4.69) is 0 Å². The maximum Gasteiger partial charge on any atom is 0.137 e. The summed E-state index contributed by atoms with van der Waals surface area (Å²) in [5.41, 5.74) is 6.69.